The molecule has 0 spiro atoms. The molecule has 0 aliphatic rings. The lowest BCUT2D eigenvalue weighted by Gasteiger charge is -2.27. The number of hydrogen-bond donors (Lipinski definition) is 0. The lowest BCUT2D eigenvalue weighted by atomic mass is 9.99. The fraction of sp³-hybridized carbons (Fsp3) is 0.571. The van der Waals surface area contributed by atoms with Crippen molar-refractivity contribution >= 4 is 11.4 Å². The molecule has 0 N–H and O–H groups in total. The van der Waals surface area contributed by atoms with Gasteiger partial charge in [0.1, 0.15) is 11.9 Å². The van der Waals surface area contributed by atoms with E-state index in [1.54, 1.807) is 7.11 Å². The third kappa shape index (κ3) is 7.44. The number of hydrogen-bond acceptors (Lipinski definition) is 4. The molecule has 0 aliphatic heterocycles. The number of nitrogens with zero attached hydrogens (tertiary/aromatic N) is 2. The van der Waals surface area contributed by atoms with Crippen LogP contribution in [0.4, 0.5) is 11.4 Å². The summed E-state index contributed by atoms with van der Waals surface area (Å²) in [5.41, 5.74) is 4.65. The van der Waals surface area contributed by atoms with E-state index in [4.69, 9.17) is 9.47 Å². The zero-order chi connectivity index (χ0) is 23.3. The lowest BCUT2D eigenvalue weighted by Crippen LogP contribution is -2.26. The third-order valence-corrected chi connectivity index (χ3v) is 5.96. The van der Waals surface area contributed by atoms with Gasteiger partial charge in [-0.3, -0.25) is 0 Å². The van der Waals surface area contributed by atoms with Crippen LogP contribution in [0.25, 0.3) is 0 Å². The van der Waals surface area contributed by atoms with Crippen molar-refractivity contribution in [3.05, 3.63) is 53.6 Å². The molecular weight excluding hydrogens is 396 g/mol. The van der Waals surface area contributed by atoms with Crippen molar-refractivity contribution in [3.63, 3.8) is 0 Å². The summed E-state index contributed by atoms with van der Waals surface area (Å²) in [7, 11) is 5.89. The molecule has 0 amide bonds. The van der Waals surface area contributed by atoms with Crippen LogP contribution in [-0.4, -0.2) is 40.9 Å². The Labute approximate surface area is 196 Å². The molecule has 0 aliphatic carbocycles. The Kier molecular flexibility index (Phi) is 11.4. The van der Waals surface area contributed by atoms with Crippen molar-refractivity contribution in [2.24, 2.45) is 0 Å². The molecule has 4 heteroatoms. The van der Waals surface area contributed by atoms with E-state index >= 15 is 0 Å². The van der Waals surface area contributed by atoms with Gasteiger partial charge in [-0.2, -0.15) is 0 Å². The summed E-state index contributed by atoms with van der Waals surface area (Å²) >= 11 is 0. The molecule has 0 saturated heterocycles. The number of methoxy groups -OCH3 is 1. The monoisotopic (exact) mass is 440 g/mol. The highest BCUT2D eigenvalue weighted by atomic mass is 16.5. The molecule has 0 aromatic heterocycles. The fourth-order valence-corrected chi connectivity index (χ4v) is 4.08. The molecule has 0 saturated carbocycles. The first kappa shape index (κ1) is 26.1. The second-order valence-corrected chi connectivity index (χ2v) is 8.66. The van der Waals surface area contributed by atoms with Gasteiger partial charge in [-0.15, -0.1) is 0 Å². The van der Waals surface area contributed by atoms with Crippen LogP contribution >= 0.6 is 0 Å². The molecule has 2 aromatic rings. The predicted molar refractivity (Wildman–Crippen MR) is 138 cm³/mol. The van der Waals surface area contributed by atoms with E-state index in [9.17, 15) is 0 Å². The minimum atomic E-state index is -0.157. The molecule has 0 fully saturated rings. The first-order valence-electron chi connectivity index (χ1n) is 12.4. The summed E-state index contributed by atoms with van der Waals surface area (Å²) in [6.07, 6.45) is 7.34. The summed E-state index contributed by atoms with van der Waals surface area (Å²) in [4.78, 5) is 4.64. The van der Waals surface area contributed by atoms with Gasteiger partial charge in [0.15, 0.2) is 0 Å². The Balaban J connectivity index is 2.33. The molecule has 1 atom stereocenters. The molecule has 0 bridgehead atoms. The summed E-state index contributed by atoms with van der Waals surface area (Å²) in [6.45, 7) is 9.41. The van der Waals surface area contributed by atoms with Gasteiger partial charge in [-0.05, 0) is 43.5 Å². The second-order valence-electron chi connectivity index (χ2n) is 8.66. The van der Waals surface area contributed by atoms with Crippen LogP contribution in [0.5, 0.6) is 5.75 Å². The third-order valence-electron chi connectivity index (χ3n) is 5.96. The fourth-order valence-electron chi connectivity index (χ4n) is 4.08. The Bertz CT molecular complexity index is 764. The van der Waals surface area contributed by atoms with Crippen molar-refractivity contribution in [3.8, 4) is 5.75 Å². The largest absolute Gasteiger partial charge is 0.493 e. The summed E-state index contributed by atoms with van der Waals surface area (Å²) < 4.78 is 12.1. The van der Waals surface area contributed by atoms with Crippen LogP contribution in [0.2, 0.25) is 0 Å². The van der Waals surface area contributed by atoms with E-state index in [2.05, 4.69) is 80.2 Å². The van der Waals surface area contributed by atoms with Crippen LogP contribution in [0.15, 0.2) is 42.5 Å². The number of benzene rings is 2. The number of rotatable bonds is 15. The maximum absolute atomic E-state index is 6.13. The van der Waals surface area contributed by atoms with Crippen molar-refractivity contribution in [2.45, 2.75) is 65.4 Å². The van der Waals surface area contributed by atoms with Gasteiger partial charge in [-0.25, -0.2) is 0 Å². The molecule has 1 unspecified atom stereocenters. The molecule has 0 heterocycles. The highest BCUT2D eigenvalue weighted by Crippen LogP contribution is 2.36. The first-order valence-corrected chi connectivity index (χ1v) is 12.4. The van der Waals surface area contributed by atoms with Crippen LogP contribution in [0.3, 0.4) is 0 Å². The molecular formula is C28H44N2O2. The Morgan fingerprint density at radius 2 is 1.38 bits per heavy atom. The van der Waals surface area contributed by atoms with Gasteiger partial charge in [0.05, 0.1) is 6.61 Å². The topological polar surface area (TPSA) is 24.9 Å². The number of ether oxygens (including phenoxy) is 2. The van der Waals surface area contributed by atoms with Crippen LogP contribution in [0, 0.1) is 0 Å². The molecule has 32 heavy (non-hydrogen) atoms. The van der Waals surface area contributed by atoms with Crippen LogP contribution < -0.4 is 14.5 Å². The zero-order valence-corrected chi connectivity index (χ0v) is 21.2. The standard InChI is InChI=1S/C28H44N2O2/c1-7-10-12-20-30(21-13-11-8-2)25-18-19-26(27(22-25)32-9-3)28(31-6)23-14-16-24(17-15-23)29(4)5/h14-19,22,28H,7-13,20-21H2,1-6H3. The second kappa shape index (κ2) is 14.1. The molecule has 178 valence electrons. The van der Waals surface area contributed by atoms with Gasteiger partial charge in [0, 0.05) is 57.3 Å². The van der Waals surface area contributed by atoms with Crippen molar-refractivity contribution < 1.29 is 9.47 Å². The molecule has 0 radical (unpaired) electrons. The lowest BCUT2D eigenvalue weighted by molar-refractivity contribution is 0.133. The van der Waals surface area contributed by atoms with Gasteiger partial charge >= 0.3 is 0 Å². The van der Waals surface area contributed by atoms with Crippen LogP contribution in [0.1, 0.15) is 76.5 Å². The maximum atomic E-state index is 6.13. The van der Waals surface area contributed by atoms with Crippen molar-refractivity contribution in [1.82, 2.24) is 0 Å². The normalized spacial score (nSPS) is 11.9. The Morgan fingerprint density at radius 3 is 1.88 bits per heavy atom. The smallest absolute Gasteiger partial charge is 0.127 e. The van der Waals surface area contributed by atoms with E-state index in [-0.39, 0.29) is 6.10 Å². The highest BCUT2D eigenvalue weighted by molar-refractivity contribution is 5.56. The van der Waals surface area contributed by atoms with E-state index in [1.165, 1.54) is 49.9 Å². The van der Waals surface area contributed by atoms with E-state index < -0.39 is 0 Å². The summed E-state index contributed by atoms with van der Waals surface area (Å²) in [6, 6.07) is 15.2. The van der Waals surface area contributed by atoms with Crippen LogP contribution in [-0.2, 0) is 4.74 Å². The zero-order valence-electron chi connectivity index (χ0n) is 21.2. The highest BCUT2D eigenvalue weighted by Gasteiger charge is 2.20. The first-order chi connectivity index (χ1) is 15.5. The summed E-state index contributed by atoms with van der Waals surface area (Å²) in [5, 5.41) is 0. The summed E-state index contributed by atoms with van der Waals surface area (Å²) in [5.74, 6) is 0.921. The Hall–Kier alpha value is -2.20. The quantitative estimate of drug-likeness (QED) is 0.276. The number of unbranched alkanes of at least 4 members (excludes halogenated alkanes) is 4. The van der Waals surface area contributed by atoms with Crippen molar-refractivity contribution in [1.29, 1.82) is 0 Å². The van der Waals surface area contributed by atoms with Gasteiger partial charge in [0.2, 0.25) is 0 Å². The number of anilines is 2. The Morgan fingerprint density at radius 1 is 0.781 bits per heavy atom. The average Bonchev–Trinajstić information content (AvgIpc) is 2.80. The predicted octanol–water partition coefficient (Wildman–Crippen LogP) is 7.07. The molecule has 2 aromatic carbocycles. The minimum absolute atomic E-state index is 0.157. The van der Waals surface area contributed by atoms with E-state index in [1.807, 2.05) is 6.92 Å². The van der Waals surface area contributed by atoms with Gasteiger partial charge in [-0.1, -0.05) is 57.7 Å². The average molecular weight is 441 g/mol. The SMILES string of the molecule is CCCCCN(CCCCC)c1ccc(C(OC)c2ccc(N(C)C)cc2)c(OCC)c1. The molecule has 2 rings (SSSR count). The van der Waals surface area contributed by atoms with E-state index in [0.717, 1.165) is 30.0 Å². The van der Waals surface area contributed by atoms with Crippen molar-refractivity contribution in [2.75, 3.05) is 50.7 Å². The van der Waals surface area contributed by atoms with Gasteiger partial charge in [0.25, 0.3) is 0 Å². The van der Waals surface area contributed by atoms with E-state index in [0.29, 0.717) is 6.61 Å². The maximum Gasteiger partial charge on any atom is 0.127 e. The minimum Gasteiger partial charge on any atom is -0.493 e. The molecule has 4 nitrogen and oxygen atoms in total. The van der Waals surface area contributed by atoms with Gasteiger partial charge < -0.3 is 19.3 Å².